The summed E-state index contributed by atoms with van der Waals surface area (Å²) in [5.41, 5.74) is 2.88. The fourth-order valence-corrected chi connectivity index (χ4v) is 2.34. The molecule has 0 aliphatic heterocycles. The van der Waals surface area contributed by atoms with Crippen LogP contribution in [0.2, 0.25) is 5.02 Å². The van der Waals surface area contributed by atoms with E-state index in [1.165, 1.54) is 0 Å². The standard InChI is InChI=1S/C13H10BrClO/c14-11-4-5-12(13(15)7-11)10-3-1-2-9(6-10)8-16/h1-7,16H,8H2. The largest absolute Gasteiger partial charge is 0.392 e. The van der Waals surface area contributed by atoms with Crippen LogP contribution in [-0.2, 0) is 6.61 Å². The lowest BCUT2D eigenvalue weighted by molar-refractivity contribution is 0.282. The molecule has 0 saturated carbocycles. The molecule has 3 heteroatoms. The number of benzene rings is 2. The molecule has 0 radical (unpaired) electrons. The van der Waals surface area contributed by atoms with Crippen LogP contribution in [0, 0.1) is 0 Å². The second-order valence-electron chi connectivity index (χ2n) is 3.48. The molecular weight excluding hydrogens is 287 g/mol. The summed E-state index contributed by atoms with van der Waals surface area (Å²) in [7, 11) is 0. The molecule has 0 heterocycles. The van der Waals surface area contributed by atoms with Crippen molar-refractivity contribution in [3.05, 3.63) is 57.5 Å². The fraction of sp³-hybridized carbons (Fsp3) is 0.0769. The van der Waals surface area contributed by atoms with E-state index in [-0.39, 0.29) is 6.61 Å². The number of hydrogen-bond acceptors (Lipinski definition) is 1. The third kappa shape index (κ3) is 2.46. The topological polar surface area (TPSA) is 20.2 Å². The molecule has 2 rings (SSSR count). The lowest BCUT2D eigenvalue weighted by Gasteiger charge is -2.06. The van der Waals surface area contributed by atoms with Crippen molar-refractivity contribution in [2.24, 2.45) is 0 Å². The van der Waals surface area contributed by atoms with Crippen molar-refractivity contribution in [1.82, 2.24) is 0 Å². The highest BCUT2D eigenvalue weighted by atomic mass is 79.9. The maximum absolute atomic E-state index is 9.08. The molecule has 2 aromatic carbocycles. The average Bonchev–Trinajstić information content (AvgIpc) is 2.29. The van der Waals surface area contributed by atoms with Crippen LogP contribution in [0.25, 0.3) is 11.1 Å². The van der Waals surface area contributed by atoms with E-state index >= 15 is 0 Å². The van der Waals surface area contributed by atoms with E-state index in [9.17, 15) is 0 Å². The Labute approximate surface area is 108 Å². The fourth-order valence-electron chi connectivity index (χ4n) is 1.56. The van der Waals surface area contributed by atoms with Gasteiger partial charge in [0.15, 0.2) is 0 Å². The Morgan fingerprint density at radius 3 is 2.62 bits per heavy atom. The number of hydrogen-bond donors (Lipinski definition) is 1. The molecule has 0 bridgehead atoms. The Kier molecular flexibility index (Phi) is 3.64. The van der Waals surface area contributed by atoms with E-state index in [0.717, 1.165) is 21.2 Å². The van der Waals surface area contributed by atoms with Crippen LogP contribution in [0.4, 0.5) is 0 Å². The molecule has 0 amide bonds. The van der Waals surface area contributed by atoms with Gasteiger partial charge in [0.1, 0.15) is 0 Å². The van der Waals surface area contributed by atoms with Gasteiger partial charge in [-0.3, -0.25) is 0 Å². The highest BCUT2D eigenvalue weighted by Gasteiger charge is 2.04. The first-order chi connectivity index (χ1) is 7.70. The zero-order chi connectivity index (χ0) is 11.5. The van der Waals surface area contributed by atoms with Gasteiger partial charge in [-0.15, -0.1) is 0 Å². The second kappa shape index (κ2) is 5.00. The molecule has 82 valence electrons. The molecule has 0 aromatic heterocycles. The van der Waals surface area contributed by atoms with Crippen LogP contribution in [0.1, 0.15) is 5.56 Å². The van der Waals surface area contributed by atoms with Crippen molar-refractivity contribution >= 4 is 27.5 Å². The molecule has 16 heavy (non-hydrogen) atoms. The van der Waals surface area contributed by atoms with Crippen LogP contribution in [0.5, 0.6) is 0 Å². The third-order valence-corrected chi connectivity index (χ3v) is 3.16. The third-order valence-electron chi connectivity index (χ3n) is 2.35. The number of rotatable bonds is 2. The van der Waals surface area contributed by atoms with Crippen LogP contribution in [0.15, 0.2) is 46.9 Å². The van der Waals surface area contributed by atoms with E-state index in [0.29, 0.717) is 5.02 Å². The molecule has 0 aliphatic carbocycles. The van der Waals surface area contributed by atoms with Gasteiger partial charge >= 0.3 is 0 Å². The summed E-state index contributed by atoms with van der Waals surface area (Å²) in [6.07, 6.45) is 0. The molecular formula is C13H10BrClO. The lowest BCUT2D eigenvalue weighted by atomic mass is 10.0. The van der Waals surface area contributed by atoms with E-state index in [1.807, 2.05) is 42.5 Å². The van der Waals surface area contributed by atoms with Gasteiger partial charge in [0.2, 0.25) is 0 Å². The first-order valence-electron chi connectivity index (χ1n) is 4.86. The monoisotopic (exact) mass is 296 g/mol. The minimum absolute atomic E-state index is 0.0436. The van der Waals surface area contributed by atoms with Crippen molar-refractivity contribution in [1.29, 1.82) is 0 Å². The predicted octanol–water partition coefficient (Wildman–Crippen LogP) is 4.26. The molecule has 2 aromatic rings. The molecule has 1 N–H and O–H groups in total. The predicted molar refractivity (Wildman–Crippen MR) is 70.5 cm³/mol. The van der Waals surface area contributed by atoms with Crippen molar-refractivity contribution in [2.75, 3.05) is 0 Å². The van der Waals surface area contributed by atoms with Crippen LogP contribution < -0.4 is 0 Å². The molecule has 1 nitrogen and oxygen atoms in total. The zero-order valence-electron chi connectivity index (χ0n) is 8.45. The van der Waals surface area contributed by atoms with Crippen molar-refractivity contribution < 1.29 is 5.11 Å². The highest BCUT2D eigenvalue weighted by Crippen LogP contribution is 2.30. The van der Waals surface area contributed by atoms with Crippen LogP contribution in [0.3, 0.4) is 0 Å². The SMILES string of the molecule is OCc1cccc(-c2ccc(Br)cc2Cl)c1. The summed E-state index contributed by atoms with van der Waals surface area (Å²) in [4.78, 5) is 0. The Balaban J connectivity index is 2.49. The summed E-state index contributed by atoms with van der Waals surface area (Å²) in [5.74, 6) is 0. The summed E-state index contributed by atoms with van der Waals surface area (Å²) < 4.78 is 0.958. The molecule has 0 atom stereocenters. The van der Waals surface area contributed by atoms with E-state index in [1.54, 1.807) is 0 Å². The Morgan fingerprint density at radius 2 is 1.94 bits per heavy atom. The molecule has 0 saturated heterocycles. The van der Waals surface area contributed by atoms with Crippen LogP contribution >= 0.6 is 27.5 Å². The number of aliphatic hydroxyl groups excluding tert-OH is 1. The Hall–Kier alpha value is -0.830. The summed E-state index contributed by atoms with van der Waals surface area (Å²) >= 11 is 9.54. The number of aliphatic hydroxyl groups is 1. The summed E-state index contributed by atoms with van der Waals surface area (Å²) in [5, 5.41) is 9.78. The first-order valence-corrected chi connectivity index (χ1v) is 6.03. The summed E-state index contributed by atoms with van der Waals surface area (Å²) in [6.45, 7) is 0.0436. The minimum atomic E-state index is 0.0436. The smallest absolute Gasteiger partial charge is 0.0682 e. The summed E-state index contributed by atoms with van der Waals surface area (Å²) in [6, 6.07) is 13.5. The van der Waals surface area contributed by atoms with Crippen molar-refractivity contribution in [2.45, 2.75) is 6.61 Å². The van der Waals surface area contributed by atoms with Crippen molar-refractivity contribution in [3.63, 3.8) is 0 Å². The molecule has 0 aliphatic rings. The maximum atomic E-state index is 9.08. The van der Waals surface area contributed by atoms with Gasteiger partial charge in [-0.25, -0.2) is 0 Å². The maximum Gasteiger partial charge on any atom is 0.0682 e. The van der Waals surface area contributed by atoms with Gasteiger partial charge in [0.25, 0.3) is 0 Å². The van der Waals surface area contributed by atoms with Crippen molar-refractivity contribution in [3.8, 4) is 11.1 Å². The first kappa shape index (κ1) is 11.6. The van der Waals surface area contributed by atoms with Crippen LogP contribution in [-0.4, -0.2) is 5.11 Å². The minimum Gasteiger partial charge on any atom is -0.392 e. The molecule has 0 spiro atoms. The second-order valence-corrected chi connectivity index (χ2v) is 4.81. The molecule has 0 fully saturated rings. The van der Waals surface area contributed by atoms with Gasteiger partial charge in [0.05, 0.1) is 6.61 Å². The molecule has 0 unspecified atom stereocenters. The van der Waals surface area contributed by atoms with Gasteiger partial charge in [-0.05, 0) is 29.3 Å². The van der Waals surface area contributed by atoms with E-state index < -0.39 is 0 Å². The van der Waals surface area contributed by atoms with Gasteiger partial charge < -0.3 is 5.11 Å². The highest BCUT2D eigenvalue weighted by molar-refractivity contribution is 9.10. The average molecular weight is 298 g/mol. The Bertz CT molecular complexity index is 511. The van der Waals surface area contributed by atoms with Gasteiger partial charge in [-0.1, -0.05) is 51.8 Å². The Morgan fingerprint density at radius 1 is 1.12 bits per heavy atom. The van der Waals surface area contributed by atoms with E-state index in [4.69, 9.17) is 16.7 Å². The van der Waals surface area contributed by atoms with E-state index in [2.05, 4.69) is 15.9 Å². The zero-order valence-corrected chi connectivity index (χ0v) is 10.8. The number of halogens is 2. The lowest BCUT2D eigenvalue weighted by Crippen LogP contribution is -1.85. The normalized spacial score (nSPS) is 10.4. The quantitative estimate of drug-likeness (QED) is 0.878. The van der Waals surface area contributed by atoms with Gasteiger partial charge in [0, 0.05) is 15.1 Å². The van der Waals surface area contributed by atoms with Gasteiger partial charge in [-0.2, -0.15) is 0 Å².